The van der Waals surface area contributed by atoms with E-state index in [2.05, 4.69) is 17.2 Å². The molecule has 1 saturated carbocycles. The molecular formula is C16H19NO3. The fourth-order valence-electron chi connectivity index (χ4n) is 2.29. The van der Waals surface area contributed by atoms with Crippen molar-refractivity contribution in [1.82, 2.24) is 5.32 Å². The molecule has 1 aliphatic carbocycles. The zero-order chi connectivity index (χ0) is 14.4. The summed E-state index contributed by atoms with van der Waals surface area (Å²) in [5, 5.41) is 11.7. The highest BCUT2D eigenvalue weighted by Gasteiger charge is 2.37. The molecule has 0 saturated heterocycles. The zero-order valence-electron chi connectivity index (χ0n) is 11.6. The van der Waals surface area contributed by atoms with Crippen LogP contribution in [0.3, 0.4) is 0 Å². The van der Waals surface area contributed by atoms with Gasteiger partial charge in [0.25, 0.3) is 5.91 Å². The first kappa shape index (κ1) is 14.6. The van der Waals surface area contributed by atoms with E-state index in [-0.39, 0.29) is 18.1 Å². The maximum absolute atomic E-state index is 12.2. The number of nitrogens with one attached hydrogen (secondary N) is 1. The van der Waals surface area contributed by atoms with Crippen molar-refractivity contribution >= 4 is 5.91 Å². The van der Waals surface area contributed by atoms with Gasteiger partial charge in [0.2, 0.25) is 0 Å². The Kier molecular flexibility index (Phi) is 4.78. The van der Waals surface area contributed by atoms with E-state index in [1.54, 1.807) is 25.3 Å². The third-order valence-electron chi connectivity index (χ3n) is 3.74. The molecule has 0 spiro atoms. The lowest BCUT2D eigenvalue weighted by molar-refractivity contribution is -0.0679. The summed E-state index contributed by atoms with van der Waals surface area (Å²) in [6.07, 6.45) is 3.10. The van der Waals surface area contributed by atoms with Crippen molar-refractivity contribution in [3.05, 3.63) is 35.4 Å². The summed E-state index contributed by atoms with van der Waals surface area (Å²) in [5.74, 6) is 5.20. The second-order valence-electron chi connectivity index (χ2n) is 4.93. The second kappa shape index (κ2) is 6.56. The van der Waals surface area contributed by atoms with Crippen LogP contribution in [0, 0.1) is 11.8 Å². The topological polar surface area (TPSA) is 58.6 Å². The predicted octanol–water partition coefficient (Wildman–Crippen LogP) is 1.33. The van der Waals surface area contributed by atoms with Crippen LogP contribution in [0.4, 0.5) is 0 Å². The molecule has 0 bridgehead atoms. The maximum atomic E-state index is 12.2. The normalized spacial score (nSPS) is 15.7. The summed E-state index contributed by atoms with van der Waals surface area (Å²) in [5.41, 5.74) is 0.958. The Bertz CT molecular complexity index is 533. The van der Waals surface area contributed by atoms with Gasteiger partial charge >= 0.3 is 0 Å². The molecule has 106 valence electrons. The number of methoxy groups -OCH3 is 1. The van der Waals surface area contributed by atoms with Crippen LogP contribution in [-0.4, -0.2) is 36.9 Å². The van der Waals surface area contributed by atoms with Gasteiger partial charge < -0.3 is 15.2 Å². The lowest BCUT2D eigenvalue weighted by atomic mass is 9.80. The number of benzene rings is 1. The molecule has 0 aliphatic heterocycles. The average molecular weight is 273 g/mol. The van der Waals surface area contributed by atoms with E-state index in [1.165, 1.54) is 0 Å². The molecule has 1 amide bonds. The molecule has 0 aromatic heterocycles. The van der Waals surface area contributed by atoms with E-state index in [1.807, 2.05) is 6.07 Å². The number of carbonyl (C=O) groups is 1. The van der Waals surface area contributed by atoms with Crippen LogP contribution in [0.2, 0.25) is 0 Å². The number of aliphatic hydroxyl groups excluding tert-OH is 1. The maximum Gasteiger partial charge on any atom is 0.252 e. The molecule has 0 radical (unpaired) electrons. The van der Waals surface area contributed by atoms with Crippen LogP contribution in [0.15, 0.2) is 24.3 Å². The van der Waals surface area contributed by atoms with Crippen LogP contribution >= 0.6 is 0 Å². The van der Waals surface area contributed by atoms with Crippen molar-refractivity contribution in [1.29, 1.82) is 0 Å². The van der Waals surface area contributed by atoms with E-state index >= 15 is 0 Å². The van der Waals surface area contributed by atoms with Crippen molar-refractivity contribution in [2.45, 2.75) is 24.9 Å². The standard InChI is InChI=1S/C16H19NO3/c1-20-16(9-5-10-16)12-17-15(19)14-8-3-2-6-13(14)7-4-11-18/h2-3,6,8,18H,5,9-12H2,1H3,(H,17,19). The molecular weight excluding hydrogens is 254 g/mol. The minimum Gasteiger partial charge on any atom is -0.384 e. The van der Waals surface area contributed by atoms with Gasteiger partial charge in [0.15, 0.2) is 0 Å². The van der Waals surface area contributed by atoms with Gasteiger partial charge in [-0.25, -0.2) is 0 Å². The molecule has 2 rings (SSSR count). The Morgan fingerprint density at radius 2 is 2.20 bits per heavy atom. The first-order valence-electron chi connectivity index (χ1n) is 6.73. The van der Waals surface area contributed by atoms with Crippen molar-refractivity contribution in [3.63, 3.8) is 0 Å². The van der Waals surface area contributed by atoms with Crippen molar-refractivity contribution in [2.24, 2.45) is 0 Å². The number of hydrogen-bond acceptors (Lipinski definition) is 3. The molecule has 1 aromatic carbocycles. The van der Waals surface area contributed by atoms with Crippen molar-refractivity contribution in [3.8, 4) is 11.8 Å². The SMILES string of the molecule is COC1(CNC(=O)c2ccccc2C#CCO)CCC1. The first-order valence-corrected chi connectivity index (χ1v) is 6.73. The molecule has 0 unspecified atom stereocenters. The number of carbonyl (C=O) groups excluding carboxylic acids is 1. The van der Waals surface area contributed by atoms with E-state index in [0.717, 1.165) is 19.3 Å². The number of aliphatic hydroxyl groups is 1. The fourth-order valence-corrected chi connectivity index (χ4v) is 2.29. The lowest BCUT2D eigenvalue weighted by Gasteiger charge is -2.40. The largest absolute Gasteiger partial charge is 0.384 e. The Morgan fingerprint density at radius 3 is 2.80 bits per heavy atom. The molecule has 0 atom stereocenters. The molecule has 2 N–H and O–H groups in total. The predicted molar refractivity (Wildman–Crippen MR) is 76.3 cm³/mol. The summed E-state index contributed by atoms with van der Waals surface area (Å²) in [6.45, 7) is 0.298. The van der Waals surface area contributed by atoms with Gasteiger partial charge in [-0.15, -0.1) is 0 Å². The molecule has 1 fully saturated rings. The highest BCUT2D eigenvalue weighted by atomic mass is 16.5. The Morgan fingerprint density at radius 1 is 1.45 bits per heavy atom. The van der Waals surface area contributed by atoms with E-state index in [0.29, 0.717) is 17.7 Å². The van der Waals surface area contributed by atoms with Crippen LogP contribution < -0.4 is 5.32 Å². The summed E-state index contributed by atoms with van der Waals surface area (Å²) in [4.78, 5) is 12.2. The number of ether oxygens (including phenoxy) is 1. The quantitative estimate of drug-likeness (QED) is 0.814. The summed E-state index contributed by atoms with van der Waals surface area (Å²) >= 11 is 0. The highest BCUT2D eigenvalue weighted by molar-refractivity contribution is 5.96. The van der Waals surface area contributed by atoms with Crippen LogP contribution in [0.5, 0.6) is 0 Å². The van der Waals surface area contributed by atoms with Crippen molar-refractivity contribution in [2.75, 3.05) is 20.3 Å². The van der Waals surface area contributed by atoms with Gasteiger partial charge in [-0.2, -0.15) is 0 Å². The molecule has 1 aliphatic rings. The average Bonchev–Trinajstić information content (AvgIpc) is 2.44. The van der Waals surface area contributed by atoms with Crippen LogP contribution in [0.25, 0.3) is 0 Å². The van der Waals surface area contributed by atoms with E-state index < -0.39 is 0 Å². The summed E-state index contributed by atoms with van der Waals surface area (Å²) in [6, 6.07) is 7.12. The van der Waals surface area contributed by atoms with Gasteiger partial charge in [0, 0.05) is 19.2 Å². The fraction of sp³-hybridized carbons (Fsp3) is 0.438. The molecule has 4 nitrogen and oxygen atoms in total. The Balaban J connectivity index is 2.05. The summed E-state index contributed by atoms with van der Waals surface area (Å²) < 4.78 is 5.48. The number of amides is 1. The van der Waals surface area contributed by atoms with Gasteiger partial charge in [0.05, 0.1) is 11.2 Å². The third-order valence-corrected chi connectivity index (χ3v) is 3.74. The lowest BCUT2D eigenvalue weighted by Crippen LogP contribution is -2.49. The highest BCUT2D eigenvalue weighted by Crippen LogP contribution is 2.34. The van der Waals surface area contributed by atoms with Crippen LogP contribution in [-0.2, 0) is 4.74 Å². The van der Waals surface area contributed by atoms with Gasteiger partial charge in [0.1, 0.15) is 6.61 Å². The molecule has 0 heterocycles. The van der Waals surface area contributed by atoms with E-state index in [9.17, 15) is 4.79 Å². The van der Waals surface area contributed by atoms with Gasteiger partial charge in [-0.3, -0.25) is 4.79 Å². The van der Waals surface area contributed by atoms with Gasteiger partial charge in [-0.1, -0.05) is 24.0 Å². The van der Waals surface area contributed by atoms with E-state index in [4.69, 9.17) is 9.84 Å². The zero-order valence-corrected chi connectivity index (χ0v) is 11.6. The minimum atomic E-state index is -0.220. The minimum absolute atomic E-state index is 0.156. The number of hydrogen-bond donors (Lipinski definition) is 2. The molecule has 4 heteroatoms. The smallest absolute Gasteiger partial charge is 0.252 e. The second-order valence-corrected chi connectivity index (χ2v) is 4.93. The summed E-state index contributed by atoms with van der Waals surface area (Å²) in [7, 11) is 1.69. The third kappa shape index (κ3) is 3.19. The Labute approximate surface area is 119 Å². The van der Waals surface area contributed by atoms with Crippen molar-refractivity contribution < 1.29 is 14.6 Å². The van der Waals surface area contributed by atoms with Crippen LogP contribution in [0.1, 0.15) is 35.2 Å². The monoisotopic (exact) mass is 273 g/mol. The first-order chi connectivity index (χ1) is 9.71. The molecule has 20 heavy (non-hydrogen) atoms. The number of rotatable bonds is 4. The van der Waals surface area contributed by atoms with Gasteiger partial charge in [-0.05, 0) is 31.4 Å². The molecule has 1 aromatic rings. The Hall–Kier alpha value is -1.83.